The molecule has 0 aliphatic carbocycles. The van der Waals surface area contributed by atoms with Crippen LogP contribution in [0.25, 0.3) is 11.1 Å². The standard InChI is InChI=1S/C25H19F6N3O2/c1-2-17-7-6-16(12-32-17)14-4-3-5-15(8-14)19-11-23(35)34-20-9-18(25(29,30)31)22(10-21(20)33-19)36-13-24(26,27)28/h3-10,12H,2,11,13H2,1H3,(H,34,35). The zero-order valence-corrected chi connectivity index (χ0v) is 18.8. The summed E-state index contributed by atoms with van der Waals surface area (Å²) in [6.45, 7) is 0.0671. The van der Waals surface area contributed by atoms with Crippen LogP contribution in [0.1, 0.15) is 30.2 Å². The molecule has 3 aromatic rings. The summed E-state index contributed by atoms with van der Waals surface area (Å²) in [5.41, 5.74) is 1.37. The largest absolute Gasteiger partial charge is 0.483 e. The van der Waals surface area contributed by atoms with Crippen LogP contribution in [0, 0.1) is 0 Å². The molecule has 0 unspecified atom stereocenters. The molecule has 36 heavy (non-hydrogen) atoms. The van der Waals surface area contributed by atoms with Crippen molar-refractivity contribution < 1.29 is 35.9 Å². The van der Waals surface area contributed by atoms with Crippen LogP contribution in [0.3, 0.4) is 0 Å². The van der Waals surface area contributed by atoms with Gasteiger partial charge in [-0.15, -0.1) is 0 Å². The first-order valence-electron chi connectivity index (χ1n) is 10.8. The van der Waals surface area contributed by atoms with E-state index in [1.54, 1.807) is 24.4 Å². The number of anilines is 1. The predicted octanol–water partition coefficient (Wildman–Crippen LogP) is 6.73. The second kappa shape index (κ2) is 9.63. The highest BCUT2D eigenvalue weighted by molar-refractivity contribution is 6.17. The van der Waals surface area contributed by atoms with Crippen molar-refractivity contribution in [2.75, 3.05) is 11.9 Å². The smallest absolute Gasteiger partial charge is 0.422 e. The predicted molar refractivity (Wildman–Crippen MR) is 121 cm³/mol. The highest BCUT2D eigenvalue weighted by Crippen LogP contribution is 2.43. The van der Waals surface area contributed by atoms with E-state index in [2.05, 4.69) is 20.0 Å². The SMILES string of the molecule is CCc1ccc(-c2cccc(C3=Nc4cc(OCC(F)(F)F)c(C(F)(F)F)cc4NC(=O)C3)c2)cn1. The van der Waals surface area contributed by atoms with Gasteiger partial charge in [0.2, 0.25) is 5.91 Å². The van der Waals surface area contributed by atoms with Crippen molar-refractivity contribution in [3.63, 3.8) is 0 Å². The van der Waals surface area contributed by atoms with Crippen molar-refractivity contribution in [3.05, 3.63) is 71.5 Å². The Morgan fingerprint density at radius 1 is 0.972 bits per heavy atom. The van der Waals surface area contributed by atoms with Gasteiger partial charge in [0.05, 0.1) is 29.1 Å². The van der Waals surface area contributed by atoms with Gasteiger partial charge in [0.1, 0.15) is 5.75 Å². The van der Waals surface area contributed by atoms with Gasteiger partial charge in [-0.1, -0.05) is 31.2 Å². The van der Waals surface area contributed by atoms with Crippen LogP contribution in [0.4, 0.5) is 37.7 Å². The maximum atomic E-state index is 13.5. The van der Waals surface area contributed by atoms with Gasteiger partial charge in [-0.05, 0) is 35.7 Å². The van der Waals surface area contributed by atoms with Crippen molar-refractivity contribution >= 4 is 23.0 Å². The molecule has 0 bridgehead atoms. The van der Waals surface area contributed by atoms with Gasteiger partial charge in [-0.2, -0.15) is 26.3 Å². The fourth-order valence-electron chi connectivity index (χ4n) is 3.64. The number of carbonyl (C=O) groups excluding carboxylic acids is 1. The Balaban J connectivity index is 1.77. The van der Waals surface area contributed by atoms with Crippen LogP contribution in [0.15, 0.2) is 59.7 Å². The van der Waals surface area contributed by atoms with Gasteiger partial charge in [0.15, 0.2) is 6.61 Å². The molecule has 4 rings (SSSR count). The molecule has 0 fully saturated rings. The van der Waals surface area contributed by atoms with Crippen LogP contribution < -0.4 is 10.1 Å². The topological polar surface area (TPSA) is 63.6 Å². The number of benzene rings is 2. The molecule has 1 N–H and O–H groups in total. The number of hydrogen-bond donors (Lipinski definition) is 1. The number of amides is 1. The first kappa shape index (κ1) is 25.2. The maximum Gasteiger partial charge on any atom is 0.422 e. The van der Waals surface area contributed by atoms with Crippen molar-refractivity contribution in [2.24, 2.45) is 4.99 Å². The third-order valence-corrected chi connectivity index (χ3v) is 5.37. The fraction of sp³-hybridized carbons (Fsp3) is 0.240. The van der Waals surface area contributed by atoms with Gasteiger partial charge in [0.25, 0.3) is 0 Å². The van der Waals surface area contributed by atoms with Crippen LogP contribution in [-0.2, 0) is 17.4 Å². The Kier molecular flexibility index (Phi) is 6.75. The van der Waals surface area contributed by atoms with E-state index >= 15 is 0 Å². The van der Waals surface area contributed by atoms with E-state index in [9.17, 15) is 31.1 Å². The summed E-state index contributed by atoms with van der Waals surface area (Å²) in [5.74, 6) is -1.65. The third kappa shape index (κ3) is 5.84. The molecule has 11 heteroatoms. The minimum Gasteiger partial charge on any atom is -0.483 e. The van der Waals surface area contributed by atoms with E-state index in [-0.39, 0.29) is 23.5 Å². The lowest BCUT2D eigenvalue weighted by molar-refractivity contribution is -0.158. The zero-order valence-electron chi connectivity index (χ0n) is 18.8. The second-order valence-electron chi connectivity index (χ2n) is 8.02. The highest BCUT2D eigenvalue weighted by atomic mass is 19.4. The summed E-state index contributed by atoms with van der Waals surface area (Å²) in [4.78, 5) is 21.2. The molecule has 1 aliphatic heterocycles. The number of aryl methyl sites for hydroxylation is 1. The number of rotatable bonds is 5. The van der Waals surface area contributed by atoms with Crippen LogP contribution in [0.2, 0.25) is 0 Å². The van der Waals surface area contributed by atoms with Gasteiger partial charge in [0, 0.05) is 23.5 Å². The van der Waals surface area contributed by atoms with Gasteiger partial charge < -0.3 is 10.1 Å². The number of hydrogen-bond acceptors (Lipinski definition) is 4. The van der Waals surface area contributed by atoms with Gasteiger partial charge in [-0.25, -0.2) is 4.99 Å². The number of aliphatic imine (C=N–C) groups is 1. The van der Waals surface area contributed by atoms with Crippen molar-refractivity contribution in [3.8, 4) is 16.9 Å². The Morgan fingerprint density at radius 2 is 1.72 bits per heavy atom. The van der Waals surface area contributed by atoms with Crippen molar-refractivity contribution in [1.82, 2.24) is 4.98 Å². The quantitative estimate of drug-likeness (QED) is 0.390. The van der Waals surface area contributed by atoms with Crippen molar-refractivity contribution in [1.29, 1.82) is 0 Å². The first-order chi connectivity index (χ1) is 16.9. The normalized spacial score (nSPS) is 14.0. The van der Waals surface area contributed by atoms with Crippen LogP contribution in [-0.4, -0.2) is 29.4 Å². The summed E-state index contributed by atoms with van der Waals surface area (Å²) in [7, 11) is 0. The Morgan fingerprint density at radius 3 is 2.36 bits per heavy atom. The average Bonchev–Trinajstić information content (AvgIpc) is 2.99. The van der Waals surface area contributed by atoms with Gasteiger partial charge >= 0.3 is 12.4 Å². The monoisotopic (exact) mass is 507 g/mol. The van der Waals surface area contributed by atoms with Crippen LogP contribution >= 0.6 is 0 Å². The van der Waals surface area contributed by atoms with Crippen LogP contribution in [0.5, 0.6) is 5.75 Å². The minimum absolute atomic E-state index is 0.152. The number of fused-ring (bicyclic) bond motifs is 1. The Bertz CT molecular complexity index is 1310. The lowest BCUT2D eigenvalue weighted by Gasteiger charge is -2.17. The summed E-state index contributed by atoms with van der Waals surface area (Å²) in [6.07, 6.45) is -7.64. The lowest BCUT2D eigenvalue weighted by Crippen LogP contribution is -2.21. The van der Waals surface area contributed by atoms with Crippen molar-refractivity contribution in [2.45, 2.75) is 32.1 Å². The number of carbonyl (C=O) groups is 1. The molecule has 5 nitrogen and oxygen atoms in total. The summed E-state index contributed by atoms with van der Waals surface area (Å²) < 4.78 is 82.9. The number of halogens is 6. The Hall–Kier alpha value is -3.89. The van der Waals surface area contributed by atoms with E-state index in [0.717, 1.165) is 29.3 Å². The van der Waals surface area contributed by atoms with E-state index in [1.807, 2.05) is 25.1 Å². The number of aromatic nitrogens is 1. The van der Waals surface area contributed by atoms with E-state index in [1.165, 1.54) is 0 Å². The molecule has 0 spiro atoms. The third-order valence-electron chi connectivity index (χ3n) is 5.37. The molecule has 0 radical (unpaired) electrons. The summed E-state index contributed by atoms with van der Waals surface area (Å²) >= 11 is 0. The minimum atomic E-state index is -5.02. The molecule has 1 amide bonds. The molecular weight excluding hydrogens is 488 g/mol. The number of ether oxygens (including phenoxy) is 1. The molecular formula is C25H19F6N3O2. The molecule has 2 heterocycles. The number of pyridine rings is 1. The Labute approximate surface area is 201 Å². The molecule has 1 aliphatic rings. The zero-order chi connectivity index (χ0) is 26.1. The molecule has 188 valence electrons. The second-order valence-corrected chi connectivity index (χ2v) is 8.02. The highest BCUT2D eigenvalue weighted by Gasteiger charge is 2.38. The molecule has 0 atom stereocenters. The van der Waals surface area contributed by atoms with E-state index < -0.39 is 36.2 Å². The molecule has 1 aromatic heterocycles. The molecule has 0 saturated carbocycles. The number of nitrogens with one attached hydrogen (secondary N) is 1. The molecule has 2 aromatic carbocycles. The van der Waals surface area contributed by atoms with E-state index in [0.29, 0.717) is 11.6 Å². The maximum absolute atomic E-state index is 13.5. The number of alkyl halides is 6. The fourth-order valence-corrected chi connectivity index (χ4v) is 3.64. The average molecular weight is 507 g/mol. The summed E-state index contributed by atoms with van der Waals surface area (Å²) in [5, 5.41) is 2.35. The summed E-state index contributed by atoms with van der Waals surface area (Å²) in [6, 6.07) is 12.1. The van der Waals surface area contributed by atoms with E-state index in [4.69, 9.17) is 0 Å². The first-order valence-corrected chi connectivity index (χ1v) is 10.8. The van der Waals surface area contributed by atoms with Gasteiger partial charge in [-0.3, -0.25) is 9.78 Å². The lowest BCUT2D eigenvalue weighted by atomic mass is 10.0. The molecule has 0 saturated heterocycles. The number of nitrogens with zero attached hydrogens (tertiary/aromatic N) is 2.